The number of aromatic nitrogens is 1. The van der Waals surface area contributed by atoms with Crippen molar-refractivity contribution in [3.05, 3.63) is 12.0 Å². The molecule has 0 saturated heterocycles. The lowest BCUT2D eigenvalue weighted by Gasteiger charge is -2.13. The Morgan fingerprint density at radius 1 is 1.50 bits per heavy atom. The predicted molar refractivity (Wildman–Crippen MR) is 67.5 cm³/mol. The first kappa shape index (κ1) is 13.3. The minimum absolute atomic E-state index is 0.00469. The van der Waals surface area contributed by atoms with Gasteiger partial charge < -0.3 is 24.5 Å². The molecule has 6 heteroatoms. The van der Waals surface area contributed by atoms with Crippen LogP contribution in [0.5, 0.6) is 0 Å². The van der Waals surface area contributed by atoms with E-state index in [0.29, 0.717) is 25.2 Å². The zero-order chi connectivity index (χ0) is 12.8. The van der Waals surface area contributed by atoms with Crippen molar-refractivity contribution < 1.29 is 13.9 Å². The van der Waals surface area contributed by atoms with Crippen molar-refractivity contribution >= 4 is 6.01 Å². The molecule has 1 aromatic rings. The highest BCUT2D eigenvalue weighted by atomic mass is 16.5. The lowest BCUT2D eigenvalue weighted by molar-refractivity contribution is 0.0363. The van der Waals surface area contributed by atoms with E-state index < -0.39 is 0 Å². The molecule has 0 aromatic carbocycles. The van der Waals surface area contributed by atoms with Crippen LogP contribution in [0.3, 0.4) is 0 Å². The Labute approximate surface area is 107 Å². The Balaban J connectivity index is 1.71. The van der Waals surface area contributed by atoms with Crippen LogP contribution < -0.4 is 10.6 Å². The fourth-order valence-electron chi connectivity index (χ4n) is 1.60. The molecule has 102 valence electrons. The lowest BCUT2D eigenvalue weighted by atomic mass is 10.4. The third kappa shape index (κ3) is 4.29. The van der Waals surface area contributed by atoms with E-state index in [1.165, 1.54) is 12.8 Å². The van der Waals surface area contributed by atoms with E-state index in [4.69, 9.17) is 13.9 Å². The van der Waals surface area contributed by atoms with Gasteiger partial charge in [0.2, 0.25) is 0 Å². The number of oxazole rings is 1. The Morgan fingerprint density at radius 3 is 3.00 bits per heavy atom. The van der Waals surface area contributed by atoms with Gasteiger partial charge in [0.25, 0.3) is 6.01 Å². The fourth-order valence-corrected chi connectivity index (χ4v) is 1.60. The van der Waals surface area contributed by atoms with Crippen LogP contribution in [0.1, 0.15) is 18.5 Å². The standard InChI is InChI=1S/C12H21N3O3/c1-16-8-11(17-2)6-14-12-15-10(7-18-12)5-13-9-3-4-9/h7,9,11,13H,3-6,8H2,1-2H3,(H,14,15). The average Bonchev–Trinajstić information content (AvgIpc) is 3.11. The molecule has 0 radical (unpaired) electrons. The first-order valence-corrected chi connectivity index (χ1v) is 6.25. The van der Waals surface area contributed by atoms with Gasteiger partial charge in [0.15, 0.2) is 0 Å². The number of hydrogen-bond donors (Lipinski definition) is 2. The minimum atomic E-state index is -0.00469. The monoisotopic (exact) mass is 255 g/mol. The zero-order valence-electron chi connectivity index (χ0n) is 10.9. The molecule has 1 atom stereocenters. The molecule has 1 unspecified atom stereocenters. The van der Waals surface area contributed by atoms with Gasteiger partial charge in [-0.15, -0.1) is 0 Å². The van der Waals surface area contributed by atoms with Gasteiger partial charge in [-0.2, -0.15) is 4.98 Å². The number of hydrogen-bond acceptors (Lipinski definition) is 6. The number of methoxy groups -OCH3 is 2. The number of nitrogens with zero attached hydrogens (tertiary/aromatic N) is 1. The summed E-state index contributed by atoms with van der Waals surface area (Å²) in [6.07, 6.45) is 4.22. The SMILES string of the molecule is COCC(CNc1nc(CNC2CC2)co1)OC. The van der Waals surface area contributed by atoms with Crippen LogP contribution in [0, 0.1) is 0 Å². The van der Waals surface area contributed by atoms with Gasteiger partial charge in [0.05, 0.1) is 18.4 Å². The zero-order valence-corrected chi connectivity index (χ0v) is 10.9. The van der Waals surface area contributed by atoms with Gasteiger partial charge in [-0.05, 0) is 12.8 Å². The molecular formula is C12H21N3O3. The molecule has 0 bridgehead atoms. The largest absolute Gasteiger partial charge is 0.432 e. The molecule has 1 aliphatic carbocycles. The highest BCUT2D eigenvalue weighted by Crippen LogP contribution is 2.19. The first-order valence-electron chi connectivity index (χ1n) is 6.25. The number of rotatable bonds is 9. The van der Waals surface area contributed by atoms with Crippen LogP contribution in [-0.4, -0.2) is 44.5 Å². The van der Waals surface area contributed by atoms with E-state index in [2.05, 4.69) is 15.6 Å². The summed E-state index contributed by atoms with van der Waals surface area (Å²) in [4.78, 5) is 4.34. The molecule has 1 aliphatic rings. The number of ether oxygens (including phenoxy) is 2. The third-order valence-electron chi connectivity index (χ3n) is 2.87. The molecule has 1 fully saturated rings. The van der Waals surface area contributed by atoms with Gasteiger partial charge in [-0.1, -0.05) is 0 Å². The topological polar surface area (TPSA) is 68.5 Å². The Bertz CT molecular complexity index is 352. The Morgan fingerprint density at radius 2 is 2.33 bits per heavy atom. The first-order chi connectivity index (χ1) is 8.81. The lowest BCUT2D eigenvalue weighted by Crippen LogP contribution is -2.26. The molecule has 0 spiro atoms. The molecule has 18 heavy (non-hydrogen) atoms. The van der Waals surface area contributed by atoms with Crippen LogP contribution in [-0.2, 0) is 16.0 Å². The summed E-state index contributed by atoms with van der Waals surface area (Å²) in [7, 11) is 3.31. The van der Waals surface area contributed by atoms with Crippen molar-refractivity contribution in [2.24, 2.45) is 0 Å². The Hall–Kier alpha value is -1.11. The highest BCUT2D eigenvalue weighted by Gasteiger charge is 2.20. The molecule has 1 saturated carbocycles. The summed E-state index contributed by atoms with van der Waals surface area (Å²) in [5.74, 6) is 0. The van der Waals surface area contributed by atoms with Crippen LogP contribution in [0.15, 0.2) is 10.7 Å². The summed E-state index contributed by atoms with van der Waals surface area (Å²) >= 11 is 0. The fraction of sp³-hybridized carbons (Fsp3) is 0.750. The van der Waals surface area contributed by atoms with Crippen molar-refractivity contribution in [2.45, 2.75) is 31.5 Å². The normalized spacial score (nSPS) is 16.8. The molecule has 0 amide bonds. The highest BCUT2D eigenvalue weighted by molar-refractivity contribution is 5.21. The van der Waals surface area contributed by atoms with Gasteiger partial charge in [-0.3, -0.25) is 0 Å². The summed E-state index contributed by atoms with van der Waals surface area (Å²) in [5, 5.41) is 6.48. The van der Waals surface area contributed by atoms with Crippen LogP contribution in [0.2, 0.25) is 0 Å². The van der Waals surface area contributed by atoms with Gasteiger partial charge >= 0.3 is 0 Å². The maximum absolute atomic E-state index is 5.33. The van der Waals surface area contributed by atoms with Crippen molar-refractivity contribution in [1.82, 2.24) is 10.3 Å². The Kier molecular flexibility index (Phi) is 4.98. The maximum atomic E-state index is 5.33. The van der Waals surface area contributed by atoms with E-state index in [-0.39, 0.29) is 6.10 Å². The molecule has 2 rings (SSSR count). The van der Waals surface area contributed by atoms with E-state index in [1.807, 2.05) is 0 Å². The van der Waals surface area contributed by atoms with Crippen molar-refractivity contribution in [3.8, 4) is 0 Å². The second-order valence-electron chi connectivity index (χ2n) is 4.49. The predicted octanol–water partition coefficient (Wildman–Crippen LogP) is 1.000. The molecule has 1 aromatic heterocycles. The van der Waals surface area contributed by atoms with Crippen molar-refractivity contribution in [3.63, 3.8) is 0 Å². The van der Waals surface area contributed by atoms with Crippen molar-refractivity contribution in [1.29, 1.82) is 0 Å². The van der Waals surface area contributed by atoms with Crippen molar-refractivity contribution in [2.75, 3.05) is 32.7 Å². The quantitative estimate of drug-likeness (QED) is 0.686. The van der Waals surface area contributed by atoms with E-state index in [1.54, 1.807) is 20.5 Å². The van der Waals surface area contributed by atoms with Crippen LogP contribution in [0.25, 0.3) is 0 Å². The van der Waals surface area contributed by atoms with Crippen LogP contribution >= 0.6 is 0 Å². The van der Waals surface area contributed by atoms with Gasteiger partial charge in [0.1, 0.15) is 6.26 Å². The molecular weight excluding hydrogens is 234 g/mol. The third-order valence-corrected chi connectivity index (χ3v) is 2.87. The maximum Gasteiger partial charge on any atom is 0.294 e. The minimum Gasteiger partial charge on any atom is -0.432 e. The summed E-state index contributed by atoms with van der Waals surface area (Å²) in [6.45, 7) is 1.92. The van der Waals surface area contributed by atoms with E-state index in [9.17, 15) is 0 Å². The molecule has 0 aliphatic heterocycles. The number of anilines is 1. The second-order valence-corrected chi connectivity index (χ2v) is 4.49. The van der Waals surface area contributed by atoms with E-state index >= 15 is 0 Å². The molecule has 6 nitrogen and oxygen atoms in total. The summed E-state index contributed by atoms with van der Waals surface area (Å²) < 4.78 is 15.6. The number of nitrogens with one attached hydrogen (secondary N) is 2. The van der Waals surface area contributed by atoms with Crippen LogP contribution in [0.4, 0.5) is 6.01 Å². The second kappa shape index (κ2) is 6.72. The van der Waals surface area contributed by atoms with E-state index in [0.717, 1.165) is 12.2 Å². The van der Waals surface area contributed by atoms with Gasteiger partial charge in [-0.25, -0.2) is 0 Å². The molecule has 1 heterocycles. The molecule has 2 N–H and O–H groups in total. The summed E-state index contributed by atoms with van der Waals surface area (Å²) in [6, 6.07) is 1.21. The summed E-state index contributed by atoms with van der Waals surface area (Å²) in [5.41, 5.74) is 0.921. The van der Waals surface area contributed by atoms with Gasteiger partial charge in [0, 0.05) is 33.4 Å². The average molecular weight is 255 g/mol. The smallest absolute Gasteiger partial charge is 0.294 e.